The molecule has 166 valence electrons. The summed E-state index contributed by atoms with van der Waals surface area (Å²) < 4.78 is 29.9. The molecule has 10 heteroatoms. The molecule has 4 rings (SSSR count). The van der Waals surface area contributed by atoms with Gasteiger partial charge >= 0.3 is 0 Å². The Labute approximate surface area is 183 Å². The van der Waals surface area contributed by atoms with Crippen molar-refractivity contribution in [1.29, 1.82) is 0 Å². The van der Waals surface area contributed by atoms with E-state index < -0.39 is 16.1 Å². The summed E-state index contributed by atoms with van der Waals surface area (Å²) in [5, 5.41) is 0. The van der Waals surface area contributed by atoms with Gasteiger partial charge in [-0.05, 0) is 43.4 Å². The quantitative estimate of drug-likeness (QED) is 0.727. The van der Waals surface area contributed by atoms with Crippen LogP contribution >= 0.6 is 0 Å². The van der Waals surface area contributed by atoms with Gasteiger partial charge in [0.05, 0.1) is 11.7 Å². The molecule has 2 aliphatic rings. The van der Waals surface area contributed by atoms with Crippen molar-refractivity contribution < 1.29 is 13.2 Å². The predicted molar refractivity (Wildman–Crippen MR) is 119 cm³/mol. The molecule has 2 fully saturated rings. The number of carbonyl (C=O) groups excluding carboxylic acids is 1. The summed E-state index contributed by atoms with van der Waals surface area (Å²) in [6.45, 7) is 1.62. The van der Waals surface area contributed by atoms with Crippen LogP contribution in [0.5, 0.6) is 0 Å². The number of nitrogens with zero attached hydrogens (tertiary/aromatic N) is 5. The number of hydrogen-bond acceptors (Lipinski definition) is 6. The van der Waals surface area contributed by atoms with E-state index in [9.17, 15) is 13.2 Å². The minimum Gasteiger partial charge on any atom is -0.366 e. The van der Waals surface area contributed by atoms with E-state index in [4.69, 9.17) is 10.7 Å². The SMILES string of the molecule is CN(C)c1ncc(-c2ccc(C(N)=O)cc2)c(C2CCCN2S(=O)(=O)N2CCCC2)n1. The molecule has 3 heterocycles. The van der Waals surface area contributed by atoms with Crippen LogP contribution in [0.3, 0.4) is 0 Å². The summed E-state index contributed by atoms with van der Waals surface area (Å²) in [6.07, 6.45) is 5.00. The zero-order valence-corrected chi connectivity index (χ0v) is 18.7. The van der Waals surface area contributed by atoms with Crippen molar-refractivity contribution in [2.75, 3.05) is 38.6 Å². The minimum atomic E-state index is -3.55. The molecule has 2 aliphatic heterocycles. The summed E-state index contributed by atoms with van der Waals surface area (Å²) in [5.74, 6) is 0.0302. The molecule has 2 saturated heterocycles. The second-order valence-electron chi connectivity index (χ2n) is 8.19. The number of rotatable bonds is 6. The Morgan fingerprint density at radius 2 is 1.77 bits per heavy atom. The smallest absolute Gasteiger partial charge is 0.282 e. The number of nitrogens with two attached hydrogens (primary N) is 1. The molecule has 2 N–H and O–H groups in total. The molecule has 0 aliphatic carbocycles. The average Bonchev–Trinajstić information content (AvgIpc) is 3.46. The summed E-state index contributed by atoms with van der Waals surface area (Å²) in [6, 6.07) is 6.55. The van der Waals surface area contributed by atoms with Crippen LogP contribution in [-0.4, -0.2) is 66.6 Å². The third-order valence-corrected chi connectivity index (χ3v) is 7.94. The van der Waals surface area contributed by atoms with Gasteiger partial charge in [0.25, 0.3) is 10.2 Å². The number of benzene rings is 1. The highest BCUT2D eigenvalue weighted by atomic mass is 32.2. The lowest BCUT2D eigenvalue weighted by Crippen LogP contribution is -2.42. The second-order valence-corrected chi connectivity index (χ2v) is 10.1. The molecule has 0 radical (unpaired) electrons. The third-order valence-electron chi connectivity index (χ3n) is 5.89. The Morgan fingerprint density at radius 3 is 2.39 bits per heavy atom. The van der Waals surface area contributed by atoms with Gasteiger partial charge < -0.3 is 10.6 Å². The Kier molecular flexibility index (Phi) is 5.96. The Morgan fingerprint density at radius 1 is 1.10 bits per heavy atom. The van der Waals surface area contributed by atoms with Crippen LogP contribution < -0.4 is 10.6 Å². The lowest BCUT2D eigenvalue weighted by Gasteiger charge is -2.29. The van der Waals surface area contributed by atoms with E-state index in [0.717, 1.165) is 30.4 Å². The van der Waals surface area contributed by atoms with Crippen LogP contribution in [-0.2, 0) is 10.2 Å². The van der Waals surface area contributed by atoms with Crippen molar-refractivity contribution in [3.05, 3.63) is 41.7 Å². The topological polar surface area (TPSA) is 113 Å². The van der Waals surface area contributed by atoms with Gasteiger partial charge in [-0.25, -0.2) is 9.97 Å². The first kappa shape index (κ1) is 21.7. The number of anilines is 1. The van der Waals surface area contributed by atoms with E-state index >= 15 is 0 Å². The molecule has 0 bridgehead atoms. The van der Waals surface area contributed by atoms with E-state index in [0.29, 0.717) is 43.3 Å². The summed E-state index contributed by atoms with van der Waals surface area (Å²) in [7, 11) is 0.156. The van der Waals surface area contributed by atoms with Gasteiger partial charge in [-0.15, -0.1) is 0 Å². The van der Waals surface area contributed by atoms with E-state index in [1.54, 1.807) is 44.0 Å². The number of amides is 1. The van der Waals surface area contributed by atoms with Crippen LogP contribution in [0.1, 0.15) is 47.8 Å². The zero-order valence-electron chi connectivity index (χ0n) is 17.9. The summed E-state index contributed by atoms with van der Waals surface area (Å²) in [4.78, 5) is 22.5. The van der Waals surface area contributed by atoms with Crippen LogP contribution in [0, 0.1) is 0 Å². The Balaban J connectivity index is 1.78. The maximum atomic E-state index is 13.4. The van der Waals surface area contributed by atoms with E-state index in [-0.39, 0.29) is 6.04 Å². The van der Waals surface area contributed by atoms with Crippen molar-refractivity contribution in [3.63, 3.8) is 0 Å². The van der Waals surface area contributed by atoms with Gasteiger partial charge in [-0.2, -0.15) is 17.0 Å². The lowest BCUT2D eigenvalue weighted by molar-refractivity contribution is 0.100. The first-order valence-corrected chi connectivity index (χ1v) is 11.9. The first-order chi connectivity index (χ1) is 14.8. The van der Waals surface area contributed by atoms with Gasteiger partial charge in [-0.3, -0.25) is 4.79 Å². The number of carbonyl (C=O) groups is 1. The fraction of sp³-hybridized carbons (Fsp3) is 0.476. The van der Waals surface area contributed by atoms with Crippen molar-refractivity contribution in [2.24, 2.45) is 5.73 Å². The molecular formula is C21H28N6O3S. The number of aromatic nitrogens is 2. The highest BCUT2D eigenvalue weighted by Gasteiger charge is 2.41. The zero-order chi connectivity index (χ0) is 22.2. The monoisotopic (exact) mass is 444 g/mol. The van der Waals surface area contributed by atoms with Crippen LogP contribution in [0.15, 0.2) is 30.5 Å². The largest absolute Gasteiger partial charge is 0.366 e. The predicted octanol–water partition coefficient (Wildman–Crippen LogP) is 1.79. The van der Waals surface area contributed by atoms with Crippen LogP contribution in [0.2, 0.25) is 0 Å². The van der Waals surface area contributed by atoms with Crippen molar-refractivity contribution >= 4 is 22.1 Å². The summed E-state index contributed by atoms with van der Waals surface area (Å²) in [5.41, 5.74) is 8.04. The molecule has 31 heavy (non-hydrogen) atoms. The first-order valence-electron chi connectivity index (χ1n) is 10.5. The van der Waals surface area contributed by atoms with Crippen LogP contribution in [0.4, 0.5) is 5.95 Å². The lowest BCUT2D eigenvalue weighted by atomic mass is 9.99. The summed E-state index contributed by atoms with van der Waals surface area (Å²) >= 11 is 0. The Bertz CT molecular complexity index is 1070. The van der Waals surface area contributed by atoms with Crippen molar-refractivity contribution in [1.82, 2.24) is 18.6 Å². The van der Waals surface area contributed by atoms with Crippen molar-refractivity contribution in [2.45, 2.75) is 31.7 Å². The van der Waals surface area contributed by atoms with Gasteiger partial charge in [0.2, 0.25) is 11.9 Å². The highest BCUT2D eigenvalue weighted by molar-refractivity contribution is 7.86. The second kappa shape index (κ2) is 8.52. The molecule has 0 saturated carbocycles. The standard InChI is InChI=1S/C21H28N6O3S/c1-25(2)21-23-14-17(15-7-9-16(10-8-15)20(22)28)19(24-21)18-6-5-13-27(18)31(29,30)26-11-3-4-12-26/h7-10,14,18H,3-6,11-13H2,1-2H3,(H2,22,28). The molecule has 0 spiro atoms. The van der Waals surface area contributed by atoms with Gasteiger partial charge in [0.1, 0.15) is 0 Å². The maximum absolute atomic E-state index is 13.4. The van der Waals surface area contributed by atoms with Gasteiger partial charge in [0, 0.05) is 51.1 Å². The highest BCUT2D eigenvalue weighted by Crippen LogP contribution is 2.39. The maximum Gasteiger partial charge on any atom is 0.282 e. The van der Waals surface area contributed by atoms with Crippen molar-refractivity contribution in [3.8, 4) is 11.1 Å². The van der Waals surface area contributed by atoms with Gasteiger partial charge in [0.15, 0.2) is 0 Å². The van der Waals surface area contributed by atoms with E-state index in [1.165, 1.54) is 0 Å². The number of hydrogen-bond donors (Lipinski definition) is 1. The molecule has 9 nitrogen and oxygen atoms in total. The van der Waals surface area contributed by atoms with Crippen LogP contribution in [0.25, 0.3) is 11.1 Å². The average molecular weight is 445 g/mol. The fourth-order valence-electron chi connectivity index (χ4n) is 4.25. The fourth-order valence-corrected chi connectivity index (χ4v) is 6.15. The molecule has 2 aromatic rings. The molecule has 1 aromatic carbocycles. The normalized spacial score (nSPS) is 20.3. The number of primary amides is 1. The molecular weight excluding hydrogens is 416 g/mol. The van der Waals surface area contributed by atoms with E-state index in [1.807, 2.05) is 14.1 Å². The molecule has 1 amide bonds. The van der Waals surface area contributed by atoms with Gasteiger partial charge in [-0.1, -0.05) is 12.1 Å². The molecule has 1 unspecified atom stereocenters. The molecule has 1 atom stereocenters. The minimum absolute atomic E-state index is 0.363. The third kappa shape index (κ3) is 4.15. The molecule has 1 aromatic heterocycles. The Hall–Kier alpha value is -2.56. The van der Waals surface area contributed by atoms with E-state index in [2.05, 4.69) is 4.98 Å².